The summed E-state index contributed by atoms with van der Waals surface area (Å²) in [5, 5.41) is 9.92. The van der Waals surface area contributed by atoms with Crippen LogP contribution >= 0.6 is 0 Å². The Morgan fingerprint density at radius 1 is 1.05 bits per heavy atom. The number of amides is 1. The van der Waals surface area contributed by atoms with Gasteiger partial charge in [0.2, 0.25) is 10.0 Å². The molecule has 1 aliphatic heterocycles. The van der Waals surface area contributed by atoms with Gasteiger partial charge in [0.25, 0.3) is 15.9 Å². The smallest absolute Gasteiger partial charge is 0.261 e. The number of aryl methyl sites for hydroxylation is 1. The monoisotopic (exact) mass is 631 g/mol. The van der Waals surface area contributed by atoms with Crippen LogP contribution in [-0.2, 0) is 20.0 Å². The van der Waals surface area contributed by atoms with Crippen LogP contribution < -0.4 is 14.2 Å². The molecule has 0 saturated carbocycles. The lowest BCUT2D eigenvalue weighted by atomic mass is 9.99. The lowest BCUT2D eigenvalue weighted by Crippen LogP contribution is -2.50. The standard InChI is InChI=1S/C30H37N3O8S2/c1-20-6-11-25(12-7-20)42(36,37)31-23-8-15-28-27(16-23)30(35)33(22(3)19-34)17-21(2)29(41-28)18-32(4)43(38,39)26-13-9-24(40-5)10-14-26/h6-16,21-22,29,31,34H,17-19H2,1-5H3/t21-,22-,29-/m0/s1. The van der Waals surface area contributed by atoms with Crippen molar-refractivity contribution in [2.45, 2.75) is 42.7 Å². The molecule has 43 heavy (non-hydrogen) atoms. The van der Waals surface area contributed by atoms with Crippen LogP contribution in [0.2, 0.25) is 0 Å². The minimum Gasteiger partial charge on any atom is -0.497 e. The van der Waals surface area contributed by atoms with E-state index in [1.165, 1.54) is 65.8 Å². The molecule has 2 N–H and O–H groups in total. The number of nitrogens with one attached hydrogen (secondary N) is 1. The van der Waals surface area contributed by atoms with E-state index >= 15 is 0 Å². The third-order valence-corrected chi connectivity index (χ3v) is 10.7. The first kappa shape index (κ1) is 32.3. The van der Waals surface area contributed by atoms with Crippen LogP contribution in [0.4, 0.5) is 5.69 Å². The van der Waals surface area contributed by atoms with Gasteiger partial charge in [0, 0.05) is 25.2 Å². The van der Waals surface area contributed by atoms with E-state index in [4.69, 9.17) is 9.47 Å². The first-order valence-corrected chi connectivity index (χ1v) is 16.6. The molecule has 0 saturated heterocycles. The number of carbonyl (C=O) groups is 1. The largest absolute Gasteiger partial charge is 0.497 e. The van der Waals surface area contributed by atoms with Gasteiger partial charge in [-0.2, -0.15) is 4.31 Å². The van der Waals surface area contributed by atoms with Gasteiger partial charge in [-0.15, -0.1) is 0 Å². The first-order valence-electron chi connectivity index (χ1n) is 13.7. The number of ether oxygens (including phenoxy) is 2. The topological polar surface area (TPSA) is 143 Å². The maximum Gasteiger partial charge on any atom is 0.261 e. The van der Waals surface area contributed by atoms with Crippen molar-refractivity contribution in [1.82, 2.24) is 9.21 Å². The Labute approximate surface area is 253 Å². The van der Waals surface area contributed by atoms with Crippen LogP contribution in [0.1, 0.15) is 29.8 Å². The number of methoxy groups -OCH3 is 1. The molecule has 0 radical (unpaired) electrons. The molecule has 232 valence electrons. The van der Waals surface area contributed by atoms with E-state index in [2.05, 4.69) is 4.72 Å². The first-order chi connectivity index (χ1) is 20.3. The third kappa shape index (κ3) is 7.12. The van der Waals surface area contributed by atoms with E-state index in [0.29, 0.717) is 5.75 Å². The van der Waals surface area contributed by atoms with Crippen LogP contribution in [0.15, 0.2) is 76.5 Å². The normalized spacial score (nSPS) is 18.3. The van der Waals surface area contributed by atoms with Crippen molar-refractivity contribution >= 4 is 31.6 Å². The molecule has 0 aromatic heterocycles. The number of anilines is 1. The fraction of sp³-hybridized carbons (Fsp3) is 0.367. The number of carbonyl (C=O) groups excluding carboxylic acids is 1. The summed E-state index contributed by atoms with van der Waals surface area (Å²) in [7, 11) is -4.88. The molecule has 1 amide bonds. The summed E-state index contributed by atoms with van der Waals surface area (Å²) in [5.41, 5.74) is 1.14. The van der Waals surface area contributed by atoms with Crippen LogP contribution in [-0.4, -0.2) is 83.1 Å². The Balaban J connectivity index is 1.67. The van der Waals surface area contributed by atoms with Crippen LogP contribution in [0.3, 0.4) is 0 Å². The highest BCUT2D eigenvalue weighted by atomic mass is 32.2. The van der Waals surface area contributed by atoms with Crippen molar-refractivity contribution in [1.29, 1.82) is 0 Å². The molecule has 13 heteroatoms. The number of benzene rings is 3. The summed E-state index contributed by atoms with van der Waals surface area (Å²) in [6, 6.07) is 16.2. The zero-order valence-corrected chi connectivity index (χ0v) is 26.4. The lowest BCUT2D eigenvalue weighted by molar-refractivity contribution is 0.0387. The predicted molar refractivity (Wildman–Crippen MR) is 162 cm³/mol. The van der Waals surface area contributed by atoms with Gasteiger partial charge in [-0.05, 0) is 68.4 Å². The van der Waals surface area contributed by atoms with E-state index in [0.717, 1.165) is 5.56 Å². The molecule has 1 heterocycles. The second-order valence-electron chi connectivity index (χ2n) is 10.7. The van der Waals surface area contributed by atoms with E-state index in [1.54, 1.807) is 31.2 Å². The predicted octanol–water partition coefficient (Wildman–Crippen LogP) is 3.35. The maximum atomic E-state index is 13.7. The Hall–Kier alpha value is -3.65. The van der Waals surface area contributed by atoms with E-state index in [9.17, 15) is 26.7 Å². The molecule has 0 aliphatic carbocycles. The van der Waals surface area contributed by atoms with E-state index in [1.807, 2.05) is 13.8 Å². The summed E-state index contributed by atoms with van der Waals surface area (Å²) in [6.07, 6.45) is -0.687. The summed E-state index contributed by atoms with van der Waals surface area (Å²) < 4.78 is 67.9. The number of aliphatic hydroxyl groups is 1. The van der Waals surface area contributed by atoms with Gasteiger partial charge in [-0.3, -0.25) is 9.52 Å². The maximum absolute atomic E-state index is 13.7. The molecule has 0 bridgehead atoms. The Morgan fingerprint density at radius 2 is 1.67 bits per heavy atom. The van der Waals surface area contributed by atoms with Gasteiger partial charge < -0.3 is 19.5 Å². The van der Waals surface area contributed by atoms with Crippen LogP contribution in [0.25, 0.3) is 0 Å². The highest BCUT2D eigenvalue weighted by molar-refractivity contribution is 7.92. The average molecular weight is 632 g/mol. The van der Waals surface area contributed by atoms with Gasteiger partial charge in [-0.25, -0.2) is 16.8 Å². The molecule has 4 rings (SSSR count). The number of fused-ring (bicyclic) bond motifs is 1. The summed E-state index contributed by atoms with van der Waals surface area (Å²) >= 11 is 0. The van der Waals surface area contributed by atoms with E-state index in [-0.39, 0.29) is 52.4 Å². The minimum absolute atomic E-state index is 0.0354. The molecule has 1 aliphatic rings. The van der Waals surface area contributed by atoms with E-state index < -0.39 is 38.1 Å². The quantitative estimate of drug-likeness (QED) is 0.347. The van der Waals surface area contributed by atoms with Crippen LogP contribution in [0.5, 0.6) is 11.5 Å². The van der Waals surface area contributed by atoms with Gasteiger partial charge in [0.1, 0.15) is 17.6 Å². The zero-order valence-electron chi connectivity index (χ0n) is 24.7. The molecular formula is C30H37N3O8S2. The van der Waals surface area contributed by atoms with Crippen molar-refractivity contribution in [3.05, 3.63) is 77.9 Å². The van der Waals surface area contributed by atoms with Crippen molar-refractivity contribution in [3.8, 4) is 11.5 Å². The lowest BCUT2D eigenvalue weighted by Gasteiger charge is -2.38. The van der Waals surface area contributed by atoms with Crippen molar-refractivity contribution in [2.75, 3.05) is 38.6 Å². The Kier molecular flexibility index (Phi) is 9.70. The van der Waals surface area contributed by atoms with Crippen molar-refractivity contribution < 1.29 is 36.2 Å². The number of nitrogens with zero attached hydrogens (tertiary/aromatic N) is 2. The number of sulfonamides is 2. The molecule has 0 unspecified atom stereocenters. The van der Waals surface area contributed by atoms with Crippen molar-refractivity contribution in [3.63, 3.8) is 0 Å². The fourth-order valence-electron chi connectivity index (χ4n) is 4.71. The van der Waals surface area contributed by atoms with Crippen molar-refractivity contribution in [2.24, 2.45) is 5.92 Å². The second-order valence-corrected chi connectivity index (χ2v) is 14.4. The Bertz CT molecular complexity index is 1660. The minimum atomic E-state index is -3.94. The summed E-state index contributed by atoms with van der Waals surface area (Å²) in [6.45, 7) is 5.23. The molecule has 3 aromatic carbocycles. The Morgan fingerprint density at radius 3 is 2.28 bits per heavy atom. The zero-order chi connectivity index (χ0) is 31.5. The van der Waals surface area contributed by atoms with Gasteiger partial charge in [0.15, 0.2) is 0 Å². The number of rotatable bonds is 10. The molecule has 3 aromatic rings. The summed E-state index contributed by atoms with van der Waals surface area (Å²) in [5.74, 6) is -0.0829. The molecular weight excluding hydrogens is 594 g/mol. The third-order valence-electron chi connectivity index (χ3n) is 7.45. The van der Waals surface area contributed by atoms with Gasteiger partial charge >= 0.3 is 0 Å². The van der Waals surface area contributed by atoms with Gasteiger partial charge in [-0.1, -0.05) is 24.6 Å². The molecule has 3 atom stereocenters. The number of hydrogen-bond acceptors (Lipinski definition) is 8. The van der Waals surface area contributed by atoms with Gasteiger partial charge in [0.05, 0.1) is 41.7 Å². The second kappa shape index (κ2) is 12.9. The SMILES string of the molecule is COc1ccc(S(=O)(=O)N(C)C[C@@H]2Oc3ccc(NS(=O)(=O)c4ccc(C)cc4)cc3C(=O)N([C@@H](C)CO)C[C@@H]2C)cc1. The average Bonchev–Trinajstić information content (AvgIpc) is 2.98. The highest BCUT2D eigenvalue weighted by Gasteiger charge is 2.35. The number of hydrogen-bond donors (Lipinski definition) is 2. The van der Waals surface area contributed by atoms with Crippen LogP contribution in [0, 0.1) is 12.8 Å². The highest BCUT2D eigenvalue weighted by Crippen LogP contribution is 2.32. The number of likely N-dealkylation sites (N-methyl/N-ethyl adjacent to an activating group) is 1. The molecule has 11 nitrogen and oxygen atoms in total. The summed E-state index contributed by atoms with van der Waals surface area (Å²) in [4.78, 5) is 15.4. The molecule has 0 fully saturated rings. The molecule has 0 spiro atoms. The number of aliphatic hydroxyl groups excluding tert-OH is 1. The fourth-order valence-corrected chi connectivity index (χ4v) is 6.95.